The van der Waals surface area contributed by atoms with Crippen LogP contribution in [0.25, 0.3) is 0 Å². The predicted molar refractivity (Wildman–Crippen MR) is 224 cm³/mol. The van der Waals surface area contributed by atoms with E-state index in [4.69, 9.17) is 24.3 Å². The zero-order valence-electron chi connectivity index (χ0n) is 35.3. The molecule has 0 saturated heterocycles. The first-order chi connectivity index (χ1) is 25.9. The van der Waals surface area contributed by atoms with Gasteiger partial charge in [-0.2, -0.15) is 0 Å². The summed E-state index contributed by atoms with van der Waals surface area (Å²) in [5, 5.41) is 0. The number of hydrogen-bond acceptors (Lipinski definition) is 7. The van der Waals surface area contributed by atoms with Crippen LogP contribution in [0.3, 0.4) is 0 Å². The molecule has 0 amide bonds. The predicted octanol–water partition coefficient (Wildman–Crippen LogP) is 13.7. The molecular formula is C44H90NO7P. The van der Waals surface area contributed by atoms with Crippen molar-refractivity contribution in [3.8, 4) is 0 Å². The van der Waals surface area contributed by atoms with Crippen molar-refractivity contribution in [3.05, 3.63) is 0 Å². The van der Waals surface area contributed by atoms with E-state index in [0.717, 1.165) is 32.1 Å². The van der Waals surface area contributed by atoms with Crippen LogP contribution in [0.15, 0.2) is 0 Å². The molecule has 0 aliphatic rings. The second-order valence-electron chi connectivity index (χ2n) is 15.6. The fourth-order valence-corrected chi connectivity index (χ4v) is 7.65. The van der Waals surface area contributed by atoms with Gasteiger partial charge in [0.15, 0.2) is 0 Å². The second-order valence-corrected chi connectivity index (χ2v) is 17.1. The van der Waals surface area contributed by atoms with E-state index < -0.39 is 13.9 Å². The Morgan fingerprint density at radius 2 is 0.830 bits per heavy atom. The van der Waals surface area contributed by atoms with Gasteiger partial charge in [0, 0.05) is 19.6 Å². The lowest BCUT2D eigenvalue weighted by Gasteiger charge is -2.20. The maximum Gasteiger partial charge on any atom is 0.472 e. The molecule has 0 aliphatic carbocycles. The van der Waals surface area contributed by atoms with E-state index in [1.54, 1.807) is 0 Å². The number of unbranched alkanes of at least 4 members (excludes halogenated alkanes) is 32. The molecule has 0 heterocycles. The van der Waals surface area contributed by atoms with E-state index in [9.17, 15) is 14.3 Å². The van der Waals surface area contributed by atoms with Gasteiger partial charge in [-0.25, -0.2) is 4.57 Å². The Balaban J connectivity index is 3.94. The first-order valence-electron chi connectivity index (χ1n) is 23.0. The monoisotopic (exact) mass is 776 g/mol. The fraction of sp³-hybridized carbons (Fsp3) is 0.977. The summed E-state index contributed by atoms with van der Waals surface area (Å²) < 4.78 is 33.5. The number of rotatable bonds is 45. The highest BCUT2D eigenvalue weighted by molar-refractivity contribution is 7.47. The first kappa shape index (κ1) is 52.5. The Morgan fingerprint density at radius 3 is 1.19 bits per heavy atom. The van der Waals surface area contributed by atoms with E-state index in [2.05, 4.69) is 13.8 Å². The molecule has 0 aliphatic heterocycles. The number of phosphoric ester groups is 1. The molecule has 2 unspecified atom stereocenters. The van der Waals surface area contributed by atoms with Crippen molar-refractivity contribution >= 4 is 13.8 Å². The summed E-state index contributed by atoms with van der Waals surface area (Å²) in [5.41, 5.74) is 5.38. The zero-order valence-corrected chi connectivity index (χ0v) is 36.2. The number of esters is 1. The molecule has 0 fully saturated rings. The summed E-state index contributed by atoms with van der Waals surface area (Å²) in [6.07, 6.45) is 44.0. The molecule has 0 bridgehead atoms. The first-order valence-corrected chi connectivity index (χ1v) is 24.5. The Kier molecular flexibility index (Phi) is 42.2. The van der Waals surface area contributed by atoms with Gasteiger partial charge in [0.25, 0.3) is 0 Å². The molecule has 0 radical (unpaired) electrons. The highest BCUT2D eigenvalue weighted by Crippen LogP contribution is 2.43. The Bertz CT molecular complexity index is 787. The van der Waals surface area contributed by atoms with Crippen LogP contribution in [-0.4, -0.2) is 49.9 Å². The quantitative estimate of drug-likeness (QED) is 0.0357. The number of nitrogens with two attached hydrogens (primary N) is 1. The van der Waals surface area contributed by atoms with Crippen molar-refractivity contribution in [2.75, 3.05) is 33.0 Å². The topological polar surface area (TPSA) is 117 Å². The average Bonchev–Trinajstić information content (AvgIpc) is 3.15. The van der Waals surface area contributed by atoms with E-state index in [1.165, 1.54) is 186 Å². The summed E-state index contributed by atoms with van der Waals surface area (Å²) in [6, 6.07) is 0. The molecule has 53 heavy (non-hydrogen) atoms. The van der Waals surface area contributed by atoms with Gasteiger partial charge in [-0.3, -0.25) is 13.8 Å². The number of carbonyl (C=O) groups excluding carboxylic acids is 1. The van der Waals surface area contributed by atoms with Gasteiger partial charge < -0.3 is 20.1 Å². The van der Waals surface area contributed by atoms with Gasteiger partial charge in [-0.15, -0.1) is 0 Å². The molecule has 0 aromatic heterocycles. The van der Waals surface area contributed by atoms with Crippen LogP contribution in [0.4, 0.5) is 0 Å². The van der Waals surface area contributed by atoms with E-state index >= 15 is 0 Å². The second kappa shape index (κ2) is 42.6. The van der Waals surface area contributed by atoms with Gasteiger partial charge in [0.05, 0.1) is 19.8 Å². The average molecular weight is 776 g/mol. The number of ether oxygens (including phenoxy) is 2. The van der Waals surface area contributed by atoms with Crippen molar-refractivity contribution in [3.63, 3.8) is 0 Å². The third kappa shape index (κ3) is 42.5. The van der Waals surface area contributed by atoms with Crippen LogP contribution in [-0.2, 0) is 27.9 Å². The van der Waals surface area contributed by atoms with Crippen molar-refractivity contribution < 1.29 is 32.8 Å². The Morgan fingerprint density at radius 1 is 0.491 bits per heavy atom. The number of phosphoric acid groups is 1. The minimum atomic E-state index is -4.27. The van der Waals surface area contributed by atoms with Gasteiger partial charge >= 0.3 is 13.8 Å². The highest BCUT2D eigenvalue weighted by atomic mass is 31.2. The van der Waals surface area contributed by atoms with E-state index in [-0.39, 0.29) is 32.3 Å². The summed E-state index contributed by atoms with van der Waals surface area (Å²) >= 11 is 0. The van der Waals surface area contributed by atoms with Crippen LogP contribution in [0.5, 0.6) is 0 Å². The molecule has 3 N–H and O–H groups in total. The molecule has 2 atom stereocenters. The Labute approximate surface area is 329 Å². The Hall–Kier alpha value is -0.500. The van der Waals surface area contributed by atoms with Gasteiger partial charge in [-0.1, -0.05) is 219 Å². The lowest BCUT2D eigenvalue weighted by molar-refractivity contribution is -0.154. The highest BCUT2D eigenvalue weighted by Gasteiger charge is 2.25. The smallest absolute Gasteiger partial charge is 0.457 e. The van der Waals surface area contributed by atoms with Crippen molar-refractivity contribution in [1.82, 2.24) is 0 Å². The molecule has 9 heteroatoms. The molecule has 8 nitrogen and oxygen atoms in total. The molecule has 0 aromatic rings. The van der Waals surface area contributed by atoms with Crippen molar-refractivity contribution in [2.24, 2.45) is 5.73 Å². The van der Waals surface area contributed by atoms with Gasteiger partial charge in [0.1, 0.15) is 6.10 Å². The SMILES string of the molecule is CCCCCCCCCCCCCCCCCCCCOCC(COP(=O)(O)OCCN)OC(=O)CCCCCCCCCCCCCCCCCC. The number of carbonyl (C=O) groups is 1. The maximum absolute atomic E-state index is 12.6. The lowest BCUT2D eigenvalue weighted by atomic mass is 10.0. The lowest BCUT2D eigenvalue weighted by Crippen LogP contribution is -2.28. The van der Waals surface area contributed by atoms with E-state index in [0.29, 0.717) is 13.0 Å². The van der Waals surface area contributed by atoms with Crippen molar-refractivity contribution in [1.29, 1.82) is 0 Å². The summed E-state index contributed by atoms with van der Waals surface area (Å²) in [4.78, 5) is 22.5. The summed E-state index contributed by atoms with van der Waals surface area (Å²) in [6.45, 7) is 4.99. The minimum Gasteiger partial charge on any atom is -0.457 e. The van der Waals surface area contributed by atoms with Crippen molar-refractivity contribution in [2.45, 2.75) is 245 Å². The van der Waals surface area contributed by atoms with Crippen LogP contribution >= 0.6 is 7.82 Å². The van der Waals surface area contributed by atoms with Gasteiger partial charge in [-0.05, 0) is 12.8 Å². The standard InChI is InChI=1S/C44H90NO7P/c1-3-5-7-9-11-13-15-17-19-21-22-24-26-28-30-32-34-36-39-49-41-43(42-51-53(47,48)50-40-38-45)52-44(46)37-35-33-31-29-27-25-23-20-18-16-14-12-10-8-6-4-2/h43H,3-42,45H2,1-2H3,(H,47,48). The normalized spacial score (nSPS) is 13.4. The summed E-state index contributed by atoms with van der Waals surface area (Å²) in [7, 11) is -4.27. The number of hydrogen-bond donors (Lipinski definition) is 2. The molecule has 0 spiro atoms. The van der Waals surface area contributed by atoms with Crippen LogP contribution in [0.2, 0.25) is 0 Å². The third-order valence-electron chi connectivity index (χ3n) is 10.3. The largest absolute Gasteiger partial charge is 0.472 e. The van der Waals surface area contributed by atoms with E-state index in [1.807, 2.05) is 0 Å². The molecule has 318 valence electrons. The minimum absolute atomic E-state index is 0.0899. The molecule has 0 saturated carbocycles. The fourth-order valence-electron chi connectivity index (χ4n) is 6.88. The maximum atomic E-state index is 12.6. The molecule has 0 rings (SSSR count). The summed E-state index contributed by atoms with van der Waals surface area (Å²) in [5.74, 6) is -0.323. The molecule has 0 aromatic carbocycles. The van der Waals surface area contributed by atoms with Crippen LogP contribution < -0.4 is 5.73 Å². The van der Waals surface area contributed by atoms with Crippen LogP contribution in [0, 0.1) is 0 Å². The van der Waals surface area contributed by atoms with Crippen LogP contribution in [0.1, 0.15) is 239 Å². The zero-order chi connectivity index (χ0) is 38.8. The third-order valence-corrected chi connectivity index (χ3v) is 11.3. The van der Waals surface area contributed by atoms with Gasteiger partial charge in [0.2, 0.25) is 0 Å². The molecular weight excluding hydrogens is 685 g/mol.